The van der Waals surface area contributed by atoms with E-state index in [1.54, 1.807) is 41.3 Å². The average Bonchev–Trinajstić information content (AvgIpc) is 2.67. The molecule has 0 bridgehead atoms. The number of amides is 1. The number of carbonyl (C=O) groups excluding carboxylic acids is 1. The fraction of sp³-hybridized carbons (Fsp3) is 0.250. The van der Waals surface area contributed by atoms with Gasteiger partial charge >= 0.3 is 0 Å². The number of hydrogen-bond acceptors (Lipinski definition) is 4. The molecule has 3 aromatic rings. The maximum atomic E-state index is 12.5. The van der Waals surface area contributed by atoms with Crippen LogP contribution in [0.1, 0.15) is 18.3 Å². The molecule has 3 rings (SSSR count). The standard InChI is InChI=1S/C20H20ClN3O3/c1-3-24(19(25)12-27-14-8-9-16(21)13(2)10-14)11-18-22-17-7-5-4-6-15(17)20(26)23-18/h4-10H,3,11-12H2,1-2H3,(H,22,23,26). The lowest BCUT2D eigenvalue weighted by atomic mass is 10.2. The number of fused-ring (bicyclic) bond motifs is 1. The topological polar surface area (TPSA) is 75.3 Å². The van der Waals surface area contributed by atoms with E-state index in [0.29, 0.717) is 34.0 Å². The van der Waals surface area contributed by atoms with Gasteiger partial charge in [-0.1, -0.05) is 23.7 Å². The number of aryl methyl sites for hydroxylation is 1. The monoisotopic (exact) mass is 385 g/mol. The van der Waals surface area contributed by atoms with E-state index < -0.39 is 0 Å². The second kappa shape index (κ2) is 8.22. The summed E-state index contributed by atoms with van der Waals surface area (Å²) in [5, 5.41) is 1.17. The van der Waals surface area contributed by atoms with E-state index in [1.807, 2.05) is 19.9 Å². The van der Waals surface area contributed by atoms with Gasteiger partial charge in [0.15, 0.2) is 6.61 Å². The van der Waals surface area contributed by atoms with Crippen LogP contribution in [0.2, 0.25) is 5.02 Å². The highest BCUT2D eigenvalue weighted by Crippen LogP contribution is 2.21. The molecule has 1 amide bonds. The lowest BCUT2D eigenvalue weighted by Gasteiger charge is -2.20. The minimum absolute atomic E-state index is 0.104. The molecule has 0 aliphatic heterocycles. The van der Waals surface area contributed by atoms with Crippen LogP contribution in [0, 0.1) is 6.92 Å². The van der Waals surface area contributed by atoms with E-state index in [2.05, 4.69) is 9.97 Å². The quantitative estimate of drug-likeness (QED) is 0.706. The predicted molar refractivity (Wildman–Crippen MR) is 105 cm³/mol. The highest BCUT2D eigenvalue weighted by atomic mass is 35.5. The van der Waals surface area contributed by atoms with Gasteiger partial charge in [0.05, 0.1) is 17.4 Å². The zero-order chi connectivity index (χ0) is 19.4. The van der Waals surface area contributed by atoms with Crippen LogP contribution in [0.3, 0.4) is 0 Å². The molecule has 27 heavy (non-hydrogen) atoms. The molecule has 0 unspecified atom stereocenters. The van der Waals surface area contributed by atoms with Gasteiger partial charge in [0.2, 0.25) is 0 Å². The van der Waals surface area contributed by atoms with Crippen molar-refractivity contribution in [2.24, 2.45) is 0 Å². The molecule has 140 valence electrons. The van der Waals surface area contributed by atoms with Crippen LogP contribution >= 0.6 is 11.6 Å². The van der Waals surface area contributed by atoms with Crippen molar-refractivity contribution < 1.29 is 9.53 Å². The van der Waals surface area contributed by atoms with Crippen LogP contribution in [0.5, 0.6) is 5.75 Å². The van der Waals surface area contributed by atoms with Gasteiger partial charge in [-0.3, -0.25) is 9.59 Å². The van der Waals surface area contributed by atoms with Crippen molar-refractivity contribution in [3.63, 3.8) is 0 Å². The smallest absolute Gasteiger partial charge is 0.260 e. The van der Waals surface area contributed by atoms with Crippen molar-refractivity contribution in [3.8, 4) is 5.75 Å². The number of rotatable bonds is 6. The molecule has 0 aliphatic carbocycles. The molecule has 0 radical (unpaired) electrons. The van der Waals surface area contributed by atoms with Gasteiger partial charge in [-0.2, -0.15) is 0 Å². The number of nitrogens with zero attached hydrogens (tertiary/aromatic N) is 2. The summed E-state index contributed by atoms with van der Waals surface area (Å²) in [5.41, 5.74) is 1.27. The van der Waals surface area contributed by atoms with Gasteiger partial charge in [0, 0.05) is 11.6 Å². The van der Waals surface area contributed by atoms with Crippen molar-refractivity contribution in [1.82, 2.24) is 14.9 Å². The number of ether oxygens (including phenoxy) is 1. The first kappa shape index (κ1) is 18.9. The van der Waals surface area contributed by atoms with Crippen LogP contribution in [0.4, 0.5) is 0 Å². The van der Waals surface area contributed by atoms with Gasteiger partial charge in [0.1, 0.15) is 11.6 Å². The third-order valence-electron chi connectivity index (χ3n) is 4.23. The first-order valence-electron chi connectivity index (χ1n) is 8.62. The molecule has 0 aliphatic rings. The first-order valence-corrected chi connectivity index (χ1v) is 9.00. The minimum atomic E-state index is -0.216. The van der Waals surface area contributed by atoms with Crippen LogP contribution in [0.25, 0.3) is 10.9 Å². The molecular formula is C20H20ClN3O3. The Morgan fingerprint density at radius 1 is 1.26 bits per heavy atom. The van der Waals surface area contributed by atoms with E-state index in [-0.39, 0.29) is 24.6 Å². The Labute approximate surface area is 161 Å². The van der Waals surface area contributed by atoms with E-state index >= 15 is 0 Å². The molecule has 1 N–H and O–H groups in total. The van der Waals surface area contributed by atoms with Gasteiger partial charge in [0.25, 0.3) is 11.5 Å². The lowest BCUT2D eigenvalue weighted by Crippen LogP contribution is -2.35. The average molecular weight is 386 g/mol. The predicted octanol–water partition coefficient (Wildman–Crippen LogP) is 3.31. The van der Waals surface area contributed by atoms with Gasteiger partial charge in [-0.25, -0.2) is 4.98 Å². The van der Waals surface area contributed by atoms with Crippen LogP contribution in [-0.2, 0) is 11.3 Å². The lowest BCUT2D eigenvalue weighted by molar-refractivity contribution is -0.133. The van der Waals surface area contributed by atoms with Crippen molar-refractivity contribution in [3.05, 3.63) is 69.2 Å². The Morgan fingerprint density at radius 3 is 2.78 bits per heavy atom. The summed E-state index contributed by atoms with van der Waals surface area (Å²) >= 11 is 5.99. The molecule has 1 aromatic heterocycles. The third kappa shape index (κ3) is 4.46. The van der Waals surface area contributed by atoms with E-state index in [0.717, 1.165) is 5.56 Å². The Morgan fingerprint density at radius 2 is 2.04 bits per heavy atom. The highest BCUT2D eigenvalue weighted by Gasteiger charge is 2.15. The Hall–Kier alpha value is -2.86. The Kier molecular flexibility index (Phi) is 5.76. The third-order valence-corrected chi connectivity index (χ3v) is 4.65. The maximum absolute atomic E-state index is 12.5. The molecule has 2 aromatic carbocycles. The largest absolute Gasteiger partial charge is 0.484 e. The summed E-state index contributed by atoms with van der Waals surface area (Å²) < 4.78 is 5.58. The number of halogens is 1. The van der Waals surface area contributed by atoms with Crippen LogP contribution in [-0.4, -0.2) is 33.9 Å². The summed E-state index contributed by atoms with van der Waals surface area (Å²) in [7, 11) is 0. The molecule has 0 spiro atoms. The number of hydrogen-bond donors (Lipinski definition) is 1. The first-order chi connectivity index (χ1) is 13.0. The number of likely N-dealkylation sites (N-methyl/N-ethyl adjacent to an activating group) is 1. The zero-order valence-electron chi connectivity index (χ0n) is 15.2. The number of para-hydroxylation sites is 1. The number of aromatic nitrogens is 2. The Balaban J connectivity index is 1.70. The summed E-state index contributed by atoms with van der Waals surface area (Å²) in [6, 6.07) is 12.3. The molecule has 0 saturated heterocycles. The van der Waals surface area contributed by atoms with E-state index in [9.17, 15) is 9.59 Å². The summed E-state index contributed by atoms with van der Waals surface area (Å²) in [6.45, 7) is 4.31. The number of H-pyrrole nitrogens is 1. The second-order valence-electron chi connectivity index (χ2n) is 6.14. The maximum Gasteiger partial charge on any atom is 0.260 e. The van der Waals surface area contributed by atoms with Gasteiger partial charge in [-0.05, 0) is 49.7 Å². The van der Waals surface area contributed by atoms with Crippen LogP contribution in [0.15, 0.2) is 47.3 Å². The number of aromatic amines is 1. The second-order valence-corrected chi connectivity index (χ2v) is 6.54. The normalized spacial score (nSPS) is 10.8. The summed E-state index contributed by atoms with van der Waals surface area (Å²) in [4.78, 5) is 33.4. The molecule has 0 saturated carbocycles. The van der Waals surface area contributed by atoms with Crippen molar-refractivity contribution >= 4 is 28.4 Å². The molecular weight excluding hydrogens is 366 g/mol. The highest BCUT2D eigenvalue weighted by molar-refractivity contribution is 6.31. The zero-order valence-corrected chi connectivity index (χ0v) is 15.9. The van der Waals surface area contributed by atoms with E-state index in [1.165, 1.54) is 0 Å². The van der Waals surface area contributed by atoms with Crippen molar-refractivity contribution in [2.45, 2.75) is 20.4 Å². The Bertz CT molecular complexity index is 1030. The summed E-state index contributed by atoms with van der Waals surface area (Å²) in [5.74, 6) is 0.829. The van der Waals surface area contributed by atoms with Crippen molar-refractivity contribution in [1.29, 1.82) is 0 Å². The molecule has 1 heterocycles. The van der Waals surface area contributed by atoms with Crippen molar-refractivity contribution in [2.75, 3.05) is 13.2 Å². The summed E-state index contributed by atoms with van der Waals surface area (Å²) in [6.07, 6.45) is 0. The number of carbonyl (C=O) groups is 1. The SMILES string of the molecule is CCN(Cc1nc2ccccc2c(=O)[nH]1)C(=O)COc1ccc(Cl)c(C)c1. The fourth-order valence-corrected chi connectivity index (χ4v) is 2.83. The molecule has 7 heteroatoms. The molecule has 0 atom stereocenters. The minimum Gasteiger partial charge on any atom is -0.484 e. The molecule has 0 fully saturated rings. The van der Waals surface area contributed by atoms with Gasteiger partial charge in [-0.15, -0.1) is 0 Å². The fourth-order valence-electron chi connectivity index (χ4n) is 2.71. The molecule has 6 nitrogen and oxygen atoms in total. The number of benzene rings is 2. The van der Waals surface area contributed by atoms with E-state index in [4.69, 9.17) is 16.3 Å². The van der Waals surface area contributed by atoms with Gasteiger partial charge < -0.3 is 14.6 Å². The van der Waals surface area contributed by atoms with Crippen LogP contribution < -0.4 is 10.3 Å². The number of nitrogens with one attached hydrogen (secondary N) is 1.